The molecule has 0 heterocycles. The first-order valence-corrected chi connectivity index (χ1v) is 9.39. The van der Waals surface area contributed by atoms with E-state index in [0.717, 1.165) is 0 Å². The Morgan fingerprint density at radius 3 is 2.04 bits per heavy atom. The number of methoxy groups -OCH3 is 2. The van der Waals surface area contributed by atoms with E-state index < -0.39 is 33.0 Å². The molecule has 0 saturated carbocycles. The lowest BCUT2D eigenvalue weighted by Gasteiger charge is -2.25. The van der Waals surface area contributed by atoms with E-state index in [1.165, 1.54) is 32.4 Å². The van der Waals surface area contributed by atoms with Gasteiger partial charge in [0.05, 0.1) is 14.2 Å². The van der Waals surface area contributed by atoms with Crippen molar-refractivity contribution >= 4 is 87.5 Å². The Kier molecular flexibility index (Phi) is 9.66. The molecule has 1 aromatic carbocycles. The van der Waals surface area contributed by atoms with Gasteiger partial charge in [-0.25, -0.2) is 15.0 Å². The Morgan fingerprint density at radius 1 is 0.964 bits per heavy atom. The number of ether oxygens (including phenoxy) is 4. The quantitative estimate of drug-likeness (QED) is 0.434. The average molecular weight is 519 g/mol. The van der Waals surface area contributed by atoms with Crippen LogP contribution in [0, 0.1) is 0 Å². The van der Waals surface area contributed by atoms with Gasteiger partial charge in [-0.15, -0.1) is 0 Å². The van der Waals surface area contributed by atoms with E-state index in [9.17, 15) is 9.59 Å². The first-order valence-electron chi connectivity index (χ1n) is 7.12. The molecule has 1 rings (SSSR count). The summed E-state index contributed by atoms with van der Waals surface area (Å²) in [5.41, 5.74) is 2.18. The number of amides is 2. The highest BCUT2D eigenvalue weighted by Gasteiger charge is 2.29. The zero-order valence-electron chi connectivity index (χ0n) is 14.3. The number of nitrogens with one attached hydrogen (secondary N) is 1. The van der Waals surface area contributed by atoms with E-state index in [0.29, 0.717) is 10.8 Å². The molecule has 28 heavy (non-hydrogen) atoms. The van der Waals surface area contributed by atoms with Crippen LogP contribution in [0.25, 0.3) is 0 Å². The third-order valence-corrected chi connectivity index (χ3v) is 3.39. The minimum Gasteiger partial charge on any atom is -0.497 e. The van der Waals surface area contributed by atoms with Crippen LogP contribution in [0.4, 0.5) is 15.3 Å². The molecule has 0 unspecified atom stereocenters. The molecule has 14 heteroatoms. The van der Waals surface area contributed by atoms with Crippen LogP contribution >= 0.6 is 69.6 Å². The van der Waals surface area contributed by atoms with Crippen molar-refractivity contribution in [3.63, 3.8) is 0 Å². The summed E-state index contributed by atoms with van der Waals surface area (Å²) >= 11 is 33.3. The van der Waals surface area contributed by atoms with Gasteiger partial charge in [0, 0.05) is 6.07 Å². The fraction of sp³-hybridized carbons (Fsp3) is 0.429. The molecule has 0 radical (unpaired) electrons. The molecule has 0 aromatic heterocycles. The number of halogens is 6. The second-order valence-corrected chi connectivity index (χ2v) is 9.88. The predicted octanol–water partition coefficient (Wildman–Crippen LogP) is 5.03. The van der Waals surface area contributed by atoms with Gasteiger partial charge >= 0.3 is 12.2 Å². The van der Waals surface area contributed by atoms with Crippen LogP contribution in [0.1, 0.15) is 0 Å². The van der Waals surface area contributed by atoms with Crippen molar-refractivity contribution in [1.82, 2.24) is 5.43 Å². The SMILES string of the molecule is COc1ccc(N(NC(=O)OCC(Cl)(Cl)Cl)C(=O)OCC(Cl)(Cl)Cl)c(OC)c1. The molecular weight excluding hydrogens is 505 g/mol. The Labute approximate surface area is 190 Å². The number of nitrogens with zero attached hydrogens (tertiary/aromatic N) is 1. The van der Waals surface area contributed by atoms with Gasteiger partial charge in [0.1, 0.15) is 30.4 Å². The lowest BCUT2D eigenvalue weighted by Crippen LogP contribution is -2.48. The Bertz CT molecular complexity index is 694. The Balaban J connectivity index is 3.10. The molecule has 0 fully saturated rings. The standard InChI is InChI=1S/C14H14Cl6N2O6/c1-25-8-3-4-9(10(5-8)26-2)22(12(24)28-7-14(18,19)20)21-11(23)27-6-13(15,16)17/h3-5H,6-7H2,1-2H3,(H,21,23). The van der Waals surface area contributed by atoms with Crippen molar-refractivity contribution in [2.45, 2.75) is 7.59 Å². The van der Waals surface area contributed by atoms with E-state index in [-0.39, 0.29) is 11.4 Å². The van der Waals surface area contributed by atoms with Crippen molar-refractivity contribution in [1.29, 1.82) is 0 Å². The molecule has 8 nitrogen and oxygen atoms in total. The molecule has 0 saturated heterocycles. The van der Waals surface area contributed by atoms with E-state index in [2.05, 4.69) is 5.43 Å². The van der Waals surface area contributed by atoms with Crippen LogP contribution in [0.5, 0.6) is 11.5 Å². The van der Waals surface area contributed by atoms with Gasteiger partial charge in [-0.1, -0.05) is 69.6 Å². The Hall–Kier alpha value is -0.900. The van der Waals surface area contributed by atoms with Crippen molar-refractivity contribution in [2.75, 3.05) is 32.4 Å². The summed E-state index contributed by atoms with van der Waals surface area (Å²) in [5.74, 6) is 0.570. The predicted molar refractivity (Wildman–Crippen MR) is 108 cm³/mol. The van der Waals surface area contributed by atoms with E-state index >= 15 is 0 Å². The average Bonchev–Trinajstić information content (AvgIpc) is 2.60. The number of anilines is 1. The molecule has 0 bridgehead atoms. The van der Waals surface area contributed by atoms with Gasteiger partial charge < -0.3 is 18.9 Å². The maximum Gasteiger partial charge on any atom is 0.433 e. The summed E-state index contributed by atoms with van der Waals surface area (Å²) in [6.45, 7) is -1.18. The maximum absolute atomic E-state index is 12.4. The Morgan fingerprint density at radius 2 is 1.54 bits per heavy atom. The number of hydrogen-bond acceptors (Lipinski definition) is 6. The van der Waals surface area contributed by atoms with Gasteiger partial charge in [0.15, 0.2) is 0 Å². The number of hydrazine groups is 1. The van der Waals surface area contributed by atoms with Crippen molar-refractivity contribution in [3.8, 4) is 11.5 Å². The first kappa shape index (κ1) is 25.1. The largest absolute Gasteiger partial charge is 0.497 e. The van der Waals surface area contributed by atoms with E-state index in [4.69, 9.17) is 88.6 Å². The summed E-state index contributed by atoms with van der Waals surface area (Å²) in [6, 6.07) is 4.36. The van der Waals surface area contributed by atoms with Gasteiger partial charge in [-0.2, -0.15) is 5.01 Å². The molecule has 0 aliphatic heterocycles. The van der Waals surface area contributed by atoms with Gasteiger partial charge in [-0.3, -0.25) is 0 Å². The molecule has 1 aromatic rings. The third kappa shape index (κ3) is 9.07. The lowest BCUT2D eigenvalue weighted by molar-refractivity contribution is 0.135. The van der Waals surface area contributed by atoms with Crippen LogP contribution in [-0.2, 0) is 9.47 Å². The van der Waals surface area contributed by atoms with Crippen molar-refractivity contribution in [3.05, 3.63) is 18.2 Å². The molecule has 1 N–H and O–H groups in total. The fourth-order valence-corrected chi connectivity index (χ4v) is 1.98. The fourth-order valence-electron chi connectivity index (χ4n) is 1.65. The monoisotopic (exact) mass is 516 g/mol. The number of alkyl halides is 6. The third-order valence-electron chi connectivity index (χ3n) is 2.74. The number of hydrogen-bond donors (Lipinski definition) is 1. The van der Waals surface area contributed by atoms with Crippen LogP contribution in [-0.4, -0.2) is 47.2 Å². The molecule has 0 spiro atoms. The number of benzene rings is 1. The number of carbonyl (C=O) groups is 2. The lowest BCUT2D eigenvalue weighted by atomic mass is 10.2. The van der Waals surface area contributed by atoms with Crippen LogP contribution in [0.2, 0.25) is 0 Å². The highest BCUT2D eigenvalue weighted by Crippen LogP contribution is 2.33. The van der Waals surface area contributed by atoms with Crippen molar-refractivity contribution < 1.29 is 28.5 Å². The second-order valence-electron chi connectivity index (χ2n) is 4.85. The van der Waals surface area contributed by atoms with E-state index in [1.807, 2.05) is 0 Å². The van der Waals surface area contributed by atoms with Gasteiger partial charge in [0.25, 0.3) is 0 Å². The zero-order valence-corrected chi connectivity index (χ0v) is 18.8. The van der Waals surface area contributed by atoms with Crippen LogP contribution in [0.3, 0.4) is 0 Å². The number of carbonyl (C=O) groups excluding carboxylic acids is 2. The highest BCUT2D eigenvalue weighted by molar-refractivity contribution is 6.68. The maximum atomic E-state index is 12.4. The summed E-state index contributed by atoms with van der Waals surface area (Å²) in [6.07, 6.45) is -2.24. The normalized spacial score (nSPS) is 11.4. The summed E-state index contributed by atoms with van der Waals surface area (Å²) < 4.78 is 16.2. The minimum atomic E-state index is -1.87. The smallest absolute Gasteiger partial charge is 0.433 e. The minimum absolute atomic E-state index is 0.0588. The van der Waals surface area contributed by atoms with Crippen LogP contribution in [0.15, 0.2) is 18.2 Å². The highest BCUT2D eigenvalue weighted by atomic mass is 35.6. The molecule has 0 aliphatic carbocycles. The molecule has 2 amide bonds. The first-order chi connectivity index (χ1) is 12.9. The molecule has 158 valence electrons. The molecule has 0 aliphatic rings. The zero-order chi connectivity index (χ0) is 21.5. The van der Waals surface area contributed by atoms with Gasteiger partial charge in [-0.05, 0) is 12.1 Å². The van der Waals surface area contributed by atoms with E-state index in [1.54, 1.807) is 0 Å². The molecule has 0 atom stereocenters. The van der Waals surface area contributed by atoms with Gasteiger partial charge in [0.2, 0.25) is 7.59 Å². The van der Waals surface area contributed by atoms with Crippen LogP contribution < -0.4 is 19.9 Å². The summed E-state index contributed by atoms with van der Waals surface area (Å²) in [4.78, 5) is 24.4. The number of rotatable bonds is 5. The summed E-state index contributed by atoms with van der Waals surface area (Å²) in [5, 5.41) is 0.662. The second kappa shape index (κ2) is 10.8. The molecular formula is C14H14Cl6N2O6. The topological polar surface area (TPSA) is 86.3 Å². The summed E-state index contributed by atoms with van der Waals surface area (Å²) in [7, 11) is 2.78. The van der Waals surface area contributed by atoms with Crippen molar-refractivity contribution in [2.24, 2.45) is 0 Å².